The standard InChI is InChI=1S/C8H19N2O6P/c1-5(2)3-6(10-12)7(4-8(9)11)16-17(13,14)15/h5-7,10,12H,3-4H2,1-2H3,(H2,9,11)(H2,13,14,15)/t6-,7-/m0/s1. The van der Waals surface area contributed by atoms with Gasteiger partial charge >= 0.3 is 7.82 Å². The molecular formula is C8H19N2O6P. The van der Waals surface area contributed by atoms with Crippen molar-refractivity contribution in [3.63, 3.8) is 0 Å². The van der Waals surface area contributed by atoms with Gasteiger partial charge in [0.2, 0.25) is 5.91 Å². The summed E-state index contributed by atoms with van der Waals surface area (Å²) in [5, 5.41) is 8.92. The van der Waals surface area contributed by atoms with Gasteiger partial charge in [-0.05, 0) is 12.3 Å². The average Bonchev–Trinajstić information content (AvgIpc) is 2.09. The zero-order valence-electron chi connectivity index (χ0n) is 9.74. The molecule has 0 heterocycles. The summed E-state index contributed by atoms with van der Waals surface area (Å²) in [5.74, 6) is -0.636. The second-order valence-electron chi connectivity index (χ2n) is 4.17. The Bertz CT molecular complexity index is 292. The van der Waals surface area contributed by atoms with Gasteiger partial charge in [-0.3, -0.25) is 9.32 Å². The van der Waals surface area contributed by atoms with Crippen LogP contribution in [0.3, 0.4) is 0 Å². The molecule has 0 saturated carbocycles. The number of nitrogens with two attached hydrogens (primary N) is 1. The summed E-state index contributed by atoms with van der Waals surface area (Å²) in [5.41, 5.74) is 6.84. The van der Waals surface area contributed by atoms with Crippen LogP contribution in [0.5, 0.6) is 0 Å². The van der Waals surface area contributed by atoms with E-state index >= 15 is 0 Å². The molecule has 0 aromatic rings. The van der Waals surface area contributed by atoms with Gasteiger partial charge in [0.25, 0.3) is 0 Å². The number of carbonyl (C=O) groups is 1. The van der Waals surface area contributed by atoms with E-state index in [2.05, 4.69) is 4.52 Å². The predicted molar refractivity (Wildman–Crippen MR) is 58.9 cm³/mol. The summed E-state index contributed by atoms with van der Waals surface area (Å²) < 4.78 is 15.2. The molecule has 0 bridgehead atoms. The maximum atomic E-state index is 10.8. The van der Waals surface area contributed by atoms with Gasteiger partial charge in [0.1, 0.15) is 0 Å². The van der Waals surface area contributed by atoms with E-state index in [4.69, 9.17) is 20.7 Å². The molecule has 0 unspecified atom stereocenters. The van der Waals surface area contributed by atoms with Crippen molar-refractivity contribution in [1.29, 1.82) is 0 Å². The maximum absolute atomic E-state index is 10.8. The Labute approximate surface area is 99.3 Å². The van der Waals surface area contributed by atoms with Crippen molar-refractivity contribution in [2.75, 3.05) is 0 Å². The number of nitrogens with one attached hydrogen (secondary N) is 1. The largest absolute Gasteiger partial charge is 0.469 e. The smallest absolute Gasteiger partial charge is 0.370 e. The average molecular weight is 270 g/mol. The number of rotatable bonds is 8. The highest BCUT2D eigenvalue weighted by atomic mass is 31.2. The third kappa shape index (κ3) is 8.25. The zero-order valence-corrected chi connectivity index (χ0v) is 10.6. The number of phosphoric acid groups is 1. The summed E-state index contributed by atoms with van der Waals surface area (Å²) in [6.07, 6.45) is -1.20. The van der Waals surface area contributed by atoms with Gasteiger partial charge in [-0.25, -0.2) is 4.57 Å². The summed E-state index contributed by atoms with van der Waals surface area (Å²) in [7, 11) is -4.75. The second kappa shape index (κ2) is 7.05. The van der Waals surface area contributed by atoms with Crippen LogP contribution in [0.25, 0.3) is 0 Å². The van der Waals surface area contributed by atoms with E-state index < -0.39 is 32.3 Å². The van der Waals surface area contributed by atoms with Gasteiger partial charge in [0, 0.05) is 0 Å². The Hall–Kier alpha value is -0.500. The molecule has 0 fully saturated rings. The van der Waals surface area contributed by atoms with E-state index in [1.54, 1.807) is 0 Å². The van der Waals surface area contributed by atoms with E-state index in [1.807, 2.05) is 19.3 Å². The fraction of sp³-hybridized carbons (Fsp3) is 0.875. The topological polar surface area (TPSA) is 142 Å². The molecule has 1 amide bonds. The summed E-state index contributed by atoms with van der Waals surface area (Å²) in [6, 6.07) is -0.782. The quantitative estimate of drug-likeness (QED) is 0.302. The molecule has 9 heteroatoms. The summed E-state index contributed by atoms with van der Waals surface area (Å²) in [6.45, 7) is 3.70. The SMILES string of the molecule is CC(C)C[C@H](NO)[C@H](CC(N)=O)OP(=O)(O)O. The first kappa shape index (κ1) is 16.5. The highest BCUT2D eigenvalue weighted by molar-refractivity contribution is 7.46. The number of hydrogen-bond donors (Lipinski definition) is 5. The fourth-order valence-corrected chi connectivity index (χ4v) is 2.00. The fourth-order valence-electron chi connectivity index (χ4n) is 1.42. The van der Waals surface area contributed by atoms with Crippen LogP contribution < -0.4 is 11.2 Å². The maximum Gasteiger partial charge on any atom is 0.469 e. The first-order valence-corrected chi connectivity index (χ1v) is 6.60. The molecule has 0 aromatic carbocycles. The minimum absolute atomic E-state index is 0.135. The van der Waals surface area contributed by atoms with E-state index in [0.29, 0.717) is 6.42 Å². The van der Waals surface area contributed by atoms with Gasteiger partial charge in [-0.2, -0.15) is 5.48 Å². The Morgan fingerprint density at radius 1 is 1.47 bits per heavy atom. The molecule has 2 atom stereocenters. The molecule has 0 spiro atoms. The minimum atomic E-state index is -4.75. The number of primary amides is 1. The van der Waals surface area contributed by atoms with Gasteiger partial charge in [-0.15, -0.1) is 0 Å². The highest BCUT2D eigenvalue weighted by Gasteiger charge is 2.31. The van der Waals surface area contributed by atoms with Crippen molar-refractivity contribution < 1.29 is 28.9 Å². The van der Waals surface area contributed by atoms with Crippen molar-refractivity contribution in [2.24, 2.45) is 11.7 Å². The molecule has 6 N–H and O–H groups in total. The number of carbonyl (C=O) groups excluding carboxylic acids is 1. The van der Waals surface area contributed by atoms with E-state index in [1.165, 1.54) is 0 Å². The predicted octanol–water partition coefficient (Wildman–Crippen LogP) is -0.267. The Morgan fingerprint density at radius 2 is 2.00 bits per heavy atom. The molecule has 8 nitrogen and oxygen atoms in total. The molecule has 0 radical (unpaired) electrons. The van der Waals surface area contributed by atoms with Crippen molar-refractivity contribution in [3.8, 4) is 0 Å². The van der Waals surface area contributed by atoms with Crippen molar-refractivity contribution in [3.05, 3.63) is 0 Å². The molecule has 0 aliphatic rings. The van der Waals surface area contributed by atoms with Crippen molar-refractivity contribution in [2.45, 2.75) is 38.8 Å². The lowest BCUT2D eigenvalue weighted by Gasteiger charge is -2.26. The molecule has 0 aliphatic carbocycles. The number of hydroxylamine groups is 1. The van der Waals surface area contributed by atoms with Crippen molar-refractivity contribution >= 4 is 13.7 Å². The lowest BCUT2D eigenvalue weighted by molar-refractivity contribution is -0.120. The van der Waals surface area contributed by atoms with Crippen LogP contribution >= 0.6 is 7.82 Å². The molecule has 0 aromatic heterocycles. The monoisotopic (exact) mass is 270 g/mol. The molecule has 0 saturated heterocycles. The van der Waals surface area contributed by atoms with Crippen LogP contribution in [-0.4, -0.2) is 33.0 Å². The van der Waals surface area contributed by atoms with Crippen LogP contribution in [0.1, 0.15) is 26.7 Å². The third-order valence-electron chi connectivity index (χ3n) is 2.02. The van der Waals surface area contributed by atoms with E-state index in [9.17, 15) is 9.36 Å². The van der Waals surface area contributed by atoms with E-state index in [0.717, 1.165) is 0 Å². The van der Waals surface area contributed by atoms with Gasteiger partial charge < -0.3 is 20.7 Å². The third-order valence-corrected chi connectivity index (χ3v) is 2.56. The Morgan fingerprint density at radius 3 is 2.29 bits per heavy atom. The van der Waals surface area contributed by atoms with Crippen molar-refractivity contribution in [1.82, 2.24) is 5.48 Å². The molecule has 0 aliphatic heterocycles. The molecule has 0 rings (SSSR count). The van der Waals surface area contributed by atoms with Gasteiger partial charge in [0.15, 0.2) is 0 Å². The normalized spacial score (nSPS) is 15.9. The second-order valence-corrected chi connectivity index (χ2v) is 5.36. The van der Waals surface area contributed by atoms with Gasteiger partial charge in [-0.1, -0.05) is 13.8 Å². The van der Waals surface area contributed by atoms with Crippen LogP contribution in [-0.2, 0) is 13.9 Å². The number of hydrogen-bond acceptors (Lipinski definition) is 5. The lowest BCUT2D eigenvalue weighted by atomic mass is 9.98. The number of phosphoric ester groups is 1. The first-order chi connectivity index (χ1) is 7.65. The zero-order chi connectivity index (χ0) is 13.6. The lowest BCUT2D eigenvalue weighted by Crippen LogP contribution is -2.42. The number of amides is 1. The van der Waals surface area contributed by atoms with Crippen LogP contribution in [0, 0.1) is 5.92 Å². The molecule has 17 heavy (non-hydrogen) atoms. The molecule has 102 valence electrons. The molecular weight excluding hydrogens is 251 g/mol. The minimum Gasteiger partial charge on any atom is -0.370 e. The summed E-state index contributed by atoms with van der Waals surface area (Å²) in [4.78, 5) is 28.2. The summed E-state index contributed by atoms with van der Waals surface area (Å²) >= 11 is 0. The van der Waals surface area contributed by atoms with Crippen LogP contribution in [0.15, 0.2) is 0 Å². The van der Waals surface area contributed by atoms with Crippen LogP contribution in [0.2, 0.25) is 0 Å². The first-order valence-electron chi connectivity index (χ1n) is 5.07. The van der Waals surface area contributed by atoms with E-state index in [-0.39, 0.29) is 5.92 Å². The van der Waals surface area contributed by atoms with Gasteiger partial charge in [0.05, 0.1) is 18.6 Å². The van der Waals surface area contributed by atoms with Crippen LogP contribution in [0.4, 0.5) is 0 Å². The Balaban J connectivity index is 4.73. The Kier molecular flexibility index (Phi) is 6.84. The highest BCUT2D eigenvalue weighted by Crippen LogP contribution is 2.39.